The van der Waals surface area contributed by atoms with Crippen molar-refractivity contribution < 1.29 is 19.4 Å². The second kappa shape index (κ2) is 5.01. The molecular weight excluding hydrogens is 184 g/mol. The SMILES string of the molecule is CCC(=O)OOc1ccccc1C=O. The van der Waals surface area contributed by atoms with Crippen LogP contribution in [0.4, 0.5) is 0 Å². The maximum atomic E-state index is 10.7. The van der Waals surface area contributed by atoms with Crippen LogP contribution >= 0.6 is 0 Å². The highest BCUT2D eigenvalue weighted by Gasteiger charge is 2.05. The molecule has 0 fully saturated rings. The van der Waals surface area contributed by atoms with Gasteiger partial charge in [-0.25, -0.2) is 4.79 Å². The van der Waals surface area contributed by atoms with Crippen molar-refractivity contribution in [3.8, 4) is 5.75 Å². The minimum absolute atomic E-state index is 0.225. The van der Waals surface area contributed by atoms with Crippen molar-refractivity contribution in [2.75, 3.05) is 0 Å². The summed E-state index contributed by atoms with van der Waals surface area (Å²) in [6, 6.07) is 6.50. The van der Waals surface area contributed by atoms with E-state index >= 15 is 0 Å². The lowest BCUT2D eigenvalue weighted by Crippen LogP contribution is -2.07. The van der Waals surface area contributed by atoms with E-state index in [-0.39, 0.29) is 12.2 Å². The average Bonchev–Trinajstić information content (AvgIpc) is 2.26. The van der Waals surface area contributed by atoms with E-state index in [0.29, 0.717) is 11.8 Å². The molecule has 14 heavy (non-hydrogen) atoms. The largest absolute Gasteiger partial charge is 0.355 e. The summed E-state index contributed by atoms with van der Waals surface area (Å²) in [7, 11) is 0. The quantitative estimate of drug-likeness (QED) is 0.416. The Bertz CT molecular complexity index is 333. The van der Waals surface area contributed by atoms with E-state index in [1.54, 1.807) is 31.2 Å². The zero-order chi connectivity index (χ0) is 10.4. The lowest BCUT2D eigenvalue weighted by Gasteiger charge is -2.04. The fraction of sp³-hybridized carbons (Fsp3) is 0.200. The van der Waals surface area contributed by atoms with E-state index in [2.05, 4.69) is 4.89 Å². The summed E-state index contributed by atoms with van der Waals surface area (Å²) in [4.78, 5) is 30.4. The Morgan fingerprint density at radius 2 is 2.14 bits per heavy atom. The Labute approximate surface area is 81.4 Å². The van der Waals surface area contributed by atoms with E-state index in [4.69, 9.17) is 4.89 Å². The first-order chi connectivity index (χ1) is 6.77. The number of carbonyl (C=O) groups excluding carboxylic acids is 2. The Morgan fingerprint density at radius 3 is 2.79 bits per heavy atom. The van der Waals surface area contributed by atoms with Gasteiger partial charge in [0.25, 0.3) is 0 Å². The van der Waals surface area contributed by atoms with Crippen molar-refractivity contribution in [3.05, 3.63) is 29.8 Å². The number of rotatable bonds is 4. The Morgan fingerprint density at radius 1 is 1.43 bits per heavy atom. The molecule has 1 aromatic carbocycles. The second-order valence-corrected chi connectivity index (χ2v) is 2.55. The Kier molecular flexibility index (Phi) is 3.67. The zero-order valence-electron chi connectivity index (χ0n) is 7.73. The minimum atomic E-state index is -0.481. The molecule has 0 aliphatic heterocycles. The first-order valence-electron chi connectivity index (χ1n) is 4.19. The van der Waals surface area contributed by atoms with Gasteiger partial charge in [-0.05, 0) is 12.1 Å². The summed E-state index contributed by atoms with van der Waals surface area (Å²) in [5, 5.41) is 0. The van der Waals surface area contributed by atoms with Crippen LogP contribution < -0.4 is 4.89 Å². The molecule has 0 N–H and O–H groups in total. The Balaban J connectivity index is 2.66. The van der Waals surface area contributed by atoms with Gasteiger partial charge in [0.15, 0.2) is 12.0 Å². The van der Waals surface area contributed by atoms with Crippen LogP contribution in [0.1, 0.15) is 23.7 Å². The summed E-state index contributed by atoms with van der Waals surface area (Å²) in [5.74, 6) is -0.241. The highest BCUT2D eigenvalue weighted by molar-refractivity contribution is 5.79. The molecule has 0 aliphatic rings. The smallest absolute Gasteiger partial charge is 0.298 e. The van der Waals surface area contributed by atoms with Crippen molar-refractivity contribution in [3.63, 3.8) is 0 Å². The third kappa shape index (κ3) is 2.58. The third-order valence-corrected chi connectivity index (χ3v) is 1.56. The number of benzene rings is 1. The standard InChI is InChI=1S/C10H10O4/c1-2-10(12)14-13-9-6-4-3-5-8(9)7-11/h3-7H,2H2,1H3. The third-order valence-electron chi connectivity index (χ3n) is 1.56. The van der Waals surface area contributed by atoms with Crippen LogP contribution in [0.5, 0.6) is 5.75 Å². The molecule has 0 atom stereocenters. The van der Waals surface area contributed by atoms with E-state index < -0.39 is 5.97 Å². The van der Waals surface area contributed by atoms with E-state index in [0.717, 1.165) is 0 Å². The molecule has 0 unspecified atom stereocenters. The zero-order valence-corrected chi connectivity index (χ0v) is 7.73. The van der Waals surface area contributed by atoms with Gasteiger partial charge in [-0.15, -0.1) is 0 Å². The van der Waals surface area contributed by atoms with Crippen LogP contribution in [-0.2, 0) is 9.68 Å². The van der Waals surface area contributed by atoms with Gasteiger partial charge in [0.2, 0.25) is 0 Å². The Hall–Kier alpha value is -1.84. The molecule has 0 aromatic heterocycles. The van der Waals surface area contributed by atoms with Crippen LogP contribution in [-0.4, -0.2) is 12.3 Å². The number of aldehydes is 1. The van der Waals surface area contributed by atoms with E-state index in [1.807, 2.05) is 0 Å². The molecule has 4 heteroatoms. The number of carbonyl (C=O) groups is 2. The monoisotopic (exact) mass is 194 g/mol. The maximum Gasteiger partial charge on any atom is 0.355 e. The summed E-state index contributed by atoms with van der Waals surface area (Å²) in [5.41, 5.74) is 0.344. The molecular formula is C10H10O4. The second-order valence-electron chi connectivity index (χ2n) is 2.55. The van der Waals surface area contributed by atoms with Crippen LogP contribution in [0, 0.1) is 0 Å². The normalized spacial score (nSPS) is 9.21. The number of hydrogen-bond donors (Lipinski definition) is 0. The van der Waals surface area contributed by atoms with Crippen LogP contribution in [0.3, 0.4) is 0 Å². The molecule has 0 saturated heterocycles. The molecule has 1 rings (SSSR count). The van der Waals surface area contributed by atoms with Crippen molar-refractivity contribution in [1.82, 2.24) is 0 Å². The highest BCUT2D eigenvalue weighted by atomic mass is 17.2. The first kappa shape index (κ1) is 10.2. The number of hydrogen-bond acceptors (Lipinski definition) is 4. The van der Waals surface area contributed by atoms with Crippen LogP contribution in [0.2, 0.25) is 0 Å². The highest BCUT2D eigenvalue weighted by Crippen LogP contribution is 2.15. The van der Waals surface area contributed by atoms with Gasteiger partial charge in [-0.1, -0.05) is 19.1 Å². The molecule has 1 aromatic rings. The molecule has 0 heterocycles. The summed E-state index contributed by atoms with van der Waals surface area (Å²) >= 11 is 0. The van der Waals surface area contributed by atoms with Gasteiger partial charge in [-0.2, -0.15) is 0 Å². The molecule has 0 saturated carbocycles. The van der Waals surface area contributed by atoms with Crippen molar-refractivity contribution in [2.45, 2.75) is 13.3 Å². The van der Waals surface area contributed by atoms with Crippen molar-refractivity contribution >= 4 is 12.3 Å². The summed E-state index contributed by atoms with van der Waals surface area (Å²) < 4.78 is 0. The van der Waals surface area contributed by atoms with Crippen LogP contribution in [0.15, 0.2) is 24.3 Å². The molecule has 0 aliphatic carbocycles. The van der Waals surface area contributed by atoms with E-state index in [9.17, 15) is 9.59 Å². The molecule has 0 spiro atoms. The fourth-order valence-electron chi connectivity index (χ4n) is 0.804. The van der Waals surface area contributed by atoms with Gasteiger partial charge in [-0.3, -0.25) is 14.6 Å². The lowest BCUT2D eigenvalue weighted by atomic mass is 10.2. The lowest BCUT2D eigenvalue weighted by molar-refractivity contribution is -0.213. The molecule has 4 nitrogen and oxygen atoms in total. The summed E-state index contributed by atoms with van der Waals surface area (Å²) in [6.07, 6.45) is 0.859. The van der Waals surface area contributed by atoms with Gasteiger partial charge >= 0.3 is 5.97 Å². The predicted molar refractivity (Wildman–Crippen MR) is 48.8 cm³/mol. The van der Waals surface area contributed by atoms with Crippen molar-refractivity contribution in [1.29, 1.82) is 0 Å². The van der Waals surface area contributed by atoms with Crippen LogP contribution in [0.25, 0.3) is 0 Å². The average molecular weight is 194 g/mol. The molecule has 0 amide bonds. The molecule has 0 bridgehead atoms. The van der Waals surface area contributed by atoms with E-state index in [1.165, 1.54) is 0 Å². The van der Waals surface area contributed by atoms with Gasteiger partial charge in [0, 0.05) is 6.42 Å². The van der Waals surface area contributed by atoms with Gasteiger partial charge in [0.05, 0.1) is 5.56 Å². The molecule has 74 valence electrons. The van der Waals surface area contributed by atoms with Gasteiger partial charge < -0.3 is 0 Å². The first-order valence-corrected chi connectivity index (χ1v) is 4.19. The van der Waals surface area contributed by atoms with Crippen molar-refractivity contribution in [2.24, 2.45) is 0 Å². The predicted octanol–water partition coefficient (Wildman–Crippen LogP) is 1.75. The number of para-hydroxylation sites is 1. The molecule has 0 radical (unpaired) electrons. The fourth-order valence-corrected chi connectivity index (χ4v) is 0.804. The summed E-state index contributed by atoms with van der Waals surface area (Å²) in [6.45, 7) is 1.65. The van der Waals surface area contributed by atoms with Gasteiger partial charge in [0.1, 0.15) is 0 Å². The topological polar surface area (TPSA) is 52.6 Å². The minimum Gasteiger partial charge on any atom is -0.298 e. The maximum absolute atomic E-state index is 10.7.